The Hall–Kier alpha value is -2.12. The Bertz CT molecular complexity index is 733. The SMILES string of the molecule is O=C(COc1ccc(Cl)cc1)N1CC[C@H]2OCc3cnnn3[C@H]2C1. The van der Waals surface area contributed by atoms with Crippen LogP contribution in [-0.2, 0) is 16.1 Å². The molecule has 126 valence electrons. The molecular weight excluding hydrogens is 332 g/mol. The van der Waals surface area contributed by atoms with E-state index in [2.05, 4.69) is 10.3 Å². The van der Waals surface area contributed by atoms with Crippen LogP contribution in [0.2, 0.25) is 5.02 Å². The third-order valence-electron chi connectivity index (χ3n) is 4.46. The number of hydrogen-bond acceptors (Lipinski definition) is 5. The topological polar surface area (TPSA) is 69.5 Å². The number of halogens is 1. The zero-order valence-electron chi connectivity index (χ0n) is 13.0. The van der Waals surface area contributed by atoms with E-state index < -0.39 is 0 Å². The average molecular weight is 349 g/mol. The van der Waals surface area contributed by atoms with Crippen molar-refractivity contribution in [2.75, 3.05) is 19.7 Å². The first-order valence-electron chi connectivity index (χ1n) is 7.87. The molecule has 1 aromatic heterocycles. The van der Waals surface area contributed by atoms with Crippen LogP contribution in [0.15, 0.2) is 30.5 Å². The third kappa shape index (κ3) is 2.97. The summed E-state index contributed by atoms with van der Waals surface area (Å²) in [5, 5.41) is 8.72. The highest BCUT2D eigenvalue weighted by Crippen LogP contribution is 2.30. The minimum Gasteiger partial charge on any atom is -0.484 e. The quantitative estimate of drug-likeness (QED) is 0.844. The fraction of sp³-hybridized carbons (Fsp3) is 0.438. The highest BCUT2D eigenvalue weighted by molar-refractivity contribution is 6.30. The lowest BCUT2D eigenvalue weighted by Crippen LogP contribution is -2.50. The van der Waals surface area contributed by atoms with Gasteiger partial charge in [-0.15, -0.1) is 5.10 Å². The number of aromatic nitrogens is 3. The summed E-state index contributed by atoms with van der Waals surface area (Å²) in [6, 6.07) is 6.98. The number of amides is 1. The fourth-order valence-electron chi connectivity index (χ4n) is 3.17. The Morgan fingerprint density at radius 1 is 1.38 bits per heavy atom. The highest BCUT2D eigenvalue weighted by Gasteiger charge is 2.37. The maximum atomic E-state index is 12.5. The van der Waals surface area contributed by atoms with E-state index in [1.54, 1.807) is 35.4 Å². The number of likely N-dealkylation sites (tertiary alicyclic amines) is 1. The summed E-state index contributed by atoms with van der Waals surface area (Å²) in [5.74, 6) is 0.581. The predicted molar refractivity (Wildman–Crippen MR) is 85.8 cm³/mol. The van der Waals surface area contributed by atoms with Crippen molar-refractivity contribution < 1.29 is 14.3 Å². The second-order valence-electron chi connectivity index (χ2n) is 5.96. The number of benzene rings is 1. The smallest absolute Gasteiger partial charge is 0.260 e. The molecular formula is C16H17ClN4O3. The van der Waals surface area contributed by atoms with Gasteiger partial charge in [0.1, 0.15) is 5.75 Å². The first kappa shape index (κ1) is 15.4. The van der Waals surface area contributed by atoms with Crippen molar-refractivity contribution in [1.29, 1.82) is 0 Å². The molecule has 1 saturated heterocycles. The highest BCUT2D eigenvalue weighted by atomic mass is 35.5. The van der Waals surface area contributed by atoms with Gasteiger partial charge in [0, 0.05) is 18.1 Å². The lowest BCUT2D eigenvalue weighted by molar-refractivity contribution is -0.140. The molecule has 8 heteroatoms. The minimum atomic E-state index is -0.0457. The number of hydrogen-bond donors (Lipinski definition) is 0. The Balaban J connectivity index is 1.39. The minimum absolute atomic E-state index is 0.00406. The second kappa shape index (κ2) is 6.41. The van der Waals surface area contributed by atoms with Crippen LogP contribution in [0, 0.1) is 0 Å². The van der Waals surface area contributed by atoms with E-state index >= 15 is 0 Å². The van der Waals surface area contributed by atoms with Crippen molar-refractivity contribution in [2.24, 2.45) is 0 Å². The average Bonchev–Trinajstić information content (AvgIpc) is 3.09. The number of piperidine rings is 1. The first-order chi connectivity index (χ1) is 11.7. The summed E-state index contributed by atoms with van der Waals surface area (Å²) in [7, 11) is 0. The Morgan fingerprint density at radius 3 is 3.04 bits per heavy atom. The van der Waals surface area contributed by atoms with E-state index in [4.69, 9.17) is 21.1 Å². The van der Waals surface area contributed by atoms with Gasteiger partial charge in [-0.1, -0.05) is 16.8 Å². The summed E-state index contributed by atoms with van der Waals surface area (Å²) in [6.07, 6.45) is 2.58. The molecule has 7 nitrogen and oxygen atoms in total. The summed E-state index contributed by atoms with van der Waals surface area (Å²) >= 11 is 5.84. The number of carbonyl (C=O) groups excluding carboxylic acids is 1. The molecule has 0 unspecified atom stereocenters. The van der Waals surface area contributed by atoms with Gasteiger partial charge in [-0.3, -0.25) is 4.79 Å². The molecule has 0 bridgehead atoms. The fourth-order valence-corrected chi connectivity index (χ4v) is 3.30. The molecule has 3 heterocycles. The molecule has 0 N–H and O–H groups in total. The number of nitrogens with zero attached hydrogens (tertiary/aromatic N) is 4. The van der Waals surface area contributed by atoms with E-state index in [1.807, 2.05) is 4.68 Å². The van der Waals surface area contributed by atoms with E-state index in [0.29, 0.717) is 30.5 Å². The molecule has 1 fully saturated rings. The van der Waals surface area contributed by atoms with Crippen LogP contribution in [0.25, 0.3) is 0 Å². The van der Waals surface area contributed by atoms with Gasteiger partial charge < -0.3 is 14.4 Å². The maximum Gasteiger partial charge on any atom is 0.260 e. The Kier molecular flexibility index (Phi) is 4.12. The van der Waals surface area contributed by atoms with Crippen LogP contribution < -0.4 is 4.74 Å². The number of carbonyl (C=O) groups is 1. The monoisotopic (exact) mass is 348 g/mol. The molecule has 2 aliphatic heterocycles. The van der Waals surface area contributed by atoms with Crippen molar-refractivity contribution in [2.45, 2.75) is 25.2 Å². The van der Waals surface area contributed by atoms with Gasteiger partial charge in [0.2, 0.25) is 0 Å². The van der Waals surface area contributed by atoms with Crippen LogP contribution in [0.4, 0.5) is 0 Å². The van der Waals surface area contributed by atoms with Gasteiger partial charge in [-0.05, 0) is 30.7 Å². The van der Waals surface area contributed by atoms with Crippen molar-refractivity contribution in [3.63, 3.8) is 0 Å². The Morgan fingerprint density at radius 2 is 2.21 bits per heavy atom. The van der Waals surface area contributed by atoms with Crippen molar-refractivity contribution >= 4 is 17.5 Å². The number of fused-ring (bicyclic) bond motifs is 3. The number of rotatable bonds is 3. The zero-order valence-corrected chi connectivity index (χ0v) is 13.7. The van der Waals surface area contributed by atoms with Crippen molar-refractivity contribution in [3.05, 3.63) is 41.2 Å². The predicted octanol–water partition coefficient (Wildman–Crippen LogP) is 1.68. The zero-order chi connectivity index (χ0) is 16.5. The molecule has 0 saturated carbocycles. The van der Waals surface area contributed by atoms with E-state index in [0.717, 1.165) is 12.1 Å². The molecule has 0 spiro atoms. The van der Waals surface area contributed by atoms with E-state index in [-0.39, 0.29) is 24.7 Å². The van der Waals surface area contributed by atoms with Crippen LogP contribution >= 0.6 is 11.6 Å². The maximum absolute atomic E-state index is 12.5. The first-order valence-corrected chi connectivity index (χ1v) is 8.25. The molecule has 0 radical (unpaired) electrons. The standard InChI is InChI=1S/C16H17ClN4O3/c17-11-1-3-13(4-2-11)23-10-16(22)20-6-5-15-14(8-20)21-12(9-24-15)7-18-19-21/h1-4,7,14-15H,5-6,8-10H2/t14-,15+/m0/s1. The molecule has 1 aromatic carbocycles. The largest absolute Gasteiger partial charge is 0.484 e. The summed E-state index contributed by atoms with van der Waals surface area (Å²) in [4.78, 5) is 14.3. The summed E-state index contributed by atoms with van der Waals surface area (Å²) in [6.45, 7) is 1.75. The van der Waals surface area contributed by atoms with E-state index in [9.17, 15) is 4.79 Å². The number of ether oxygens (including phenoxy) is 2. The Labute approximate surface area is 144 Å². The molecule has 2 aromatic rings. The second-order valence-corrected chi connectivity index (χ2v) is 6.39. The van der Waals surface area contributed by atoms with Gasteiger partial charge in [0.15, 0.2) is 6.61 Å². The third-order valence-corrected chi connectivity index (χ3v) is 4.71. The molecule has 24 heavy (non-hydrogen) atoms. The summed E-state index contributed by atoms with van der Waals surface area (Å²) in [5.41, 5.74) is 0.947. The lowest BCUT2D eigenvalue weighted by atomic mass is 10.0. The van der Waals surface area contributed by atoms with Gasteiger partial charge >= 0.3 is 0 Å². The molecule has 0 aliphatic carbocycles. The lowest BCUT2D eigenvalue weighted by Gasteiger charge is -2.40. The van der Waals surface area contributed by atoms with E-state index in [1.165, 1.54) is 0 Å². The van der Waals surface area contributed by atoms with Crippen LogP contribution in [-0.4, -0.2) is 51.6 Å². The summed E-state index contributed by atoms with van der Waals surface area (Å²) < 4.78 is 13.3. The van der Waals surface area contributed by atoms with Gasteiger partial charge in [-0.2, -0.15) is 0 Å². The molecule has 1 amide bonds. The van der Waals surface area contributed by atoms with Gasteiger partial charge in [0.05, 0.1) is 30.6 Å². The van der Waals surface area contributed by atoms with Crippen molar-refractivity contribution in [1.82, 2.24) is 19.9 Å². The molecule has 2 aliphatic rings. The molecule has 4 rings (SSSR count). The van der Waals surface area contributed by atoms with Gasteiger partial charge in [0.25, 0.3) is 5.91 Å². The van der Waals surface area contributed by atoms with Gasteiger partial charge in [-0.25, -0.2) is 4.68 Å². The van der Waals surface area contributed by atoms with Crippen LogP contribution in [0.5, 0.6) is 5.75 Å². The van der Waals surface area contributed by atoms with Crippen molar-refractivity contribution in [3.8, 4) is 5.75 Å². The van der Waals surface area contributed by atoms with Crippen LogP contribution in [0.3, 0.4) is 0 Å². The molecule has 2 atom stereocenters. The van der Waals surface area contributed by atoms with Crippen LogP contribution in [0.1, 0.15) is 18.2 Å². The normalized spacial score (nSPS) is 22.6.